The van der Waals surface area contributed by atoms with Crippen molar-refractivity contribution in [1.29, 1.82) is 0 Å². The smallest absolute Gasteiger partial charge is 0.339 e. The molecular formula is C3H7NO4S. The van der Waals surface area contributed by atoms with Crippen LogP contribution in [0.2, 0.25) is 0 Å². The lowest BCUT2D eigenvalue weighted by Crippen LogP contribution is -2.19. The maximum atomic E-state index is 10.2. The van der Waals surface area contributed by atoms with Crippen LogP contribution in [0.3, 0.4) is 0 Å². The molecule has 0 aromatic heterocycles. The van der Waals surface area contributed by atoms with E-state index in [9.17, 15) is 13.2 Å². The molecule has 0 aliphatic rings. The summed E-state index contributed by atoms with van der Waals surface area (Å²) >= 11 is 0. The molecule has 0 radical (unpaired) electrons. The number of hydrogen-bond acceptors (Lipinski definition) is 5. The maximum Gasteiger partial charge on any atom is 0.339 e. The van der Waals surface area contributed by atoms with Gasteiger partial charge in [-0.1, -0.05) is 0 Å². The molecule has 0 aromatic rings. The van der Waals surface area contributed by atoms with Crippen molar-refractivity contribution >= 4 is 15.8 Å². The van der Waals surface area contributed by atoms with Gasteiger partial charge in [0, 0.05) is 6.26 Å². The Morgan fingerprint density at radius 1 is 1.67 bits per heavy atom. The molecule has 0 spiro atoms. The molecule has 0 aromatic carbocycles. The second kappa shape index (κ2) is 2.79. The van der Waals surface area contributed by atoms with E-state index in [1.807, 2.05) is 0 Å². The van der Waals surface area contributed by atoms with Gasteiger partial charge >= 0.3 is 5.97 Å². The summed E-state index contributed by atoms with van der Waals surface area (Å²) < 4.78 is 20.5. The monoisotopic (exact) mass is 153 g/mol. The molecule has 54 valence electrons. The van der Waals surface area contributed by atoms with Crippen LogP contribution in [0, 0.1) is 0 Å². The topological polar surface area (TPSA) is 86.5 Å². The molecule has 0 aliphatic carbocycles. The third-order valence-electron chi connectivity index (χ3n) is 0.511. The lowest BCUT2D eigenvalue weighted by atomic mass is 10.8. The van der Waals surface area contributed by atoms with Crippen LogP contribution in [0.4, 0.5) is 0 Å². The Bertz CT molecular complexity index is 194. The van der Waals surface area contributed by atoms with Crippen molar-refractivity contribution in [1.82, 2.24) is 0 Å². The van der Waals surface area contributed by atoms with Crippen LogP contribution >= 0.6 is 0 Å². The second-order valence-corrected chi connectivity index (χ2v) is 3.70. The highest BCUT2D eigenvalue weighted by atomic mass is 32.2. The van der Waals surface area contributed by atoms with Gasteiger partial charge in [-0.2, -0.15) is 5.90 Å². The average molecular weight is 153 g/mol. The number of nitrogens with two attached hydrogens (primary N) is 1. The zero-order valence-corrected chi connectivity index (χ0v) is 5.64. The van der Waals surface area contributed by atoms with Gasteiger partial charge in [-0.15, -0.1) is 0 Å². The third kappa shape index (κ3) is 5.25. The van der Waals surface area contributed by atoms with Gasteiger partial charge in [0.2, 0.25) is 0 Å². The van der Waals surface area contributed by atoms with Crippen LogP contribution in [0.25, 0.3) is 0 Å². The molecule has 0 saturated carbocycles. The lowest BCUT2D eigenvalue weighted by molar-refractivity contribution is -0.141. The fourth-order valence-electron chi connectivity index (χ4n) is 0.248. The minimum atomic E-state index is -3.29. The number of hydrogen-bond donors (Lipinski definition) is 1. The first-order valence-corrected chi connectivity index (χ1v) is 4.09. The van der Waals surface area contributed by atoms with Crippen LogP contribution in [0.5, 0.6) is 0 Å². The number of carbonyl (C=O) groups is 1. The first kappa shape index (κ1) is 8.38. The van der Waals surface area contributed by atoms with Crippen molar-refractivity contribution in [3.8, 4) is 0 Å². The summed E-state index contributed by atoms with van der Waals surface area (Å²) in [6, 6.07) is 0. The molecule has 0 unspecified atom stereocenters. The van der Waals surface area contributed by atoms with E-state index in [0.29, 0.717) is 0 Å². The van der Waals surface area contributed by atoms with Crippen LogP contribution in [-0.4, -0.2) is 26.4 Å². The minimum Gasteiger partial charge on any atom is -0.373 e. The van der Waals surface area contributed by atoms with Gasteiger partial charge in [0.1, 0.15) is 5.75 Å². The first-order valence-electron chi connectivity index (χ1n) is 2.03. The Balaban J connectivity index is 3.91. The molecule has 0 rings (SSSR count). The fourth-order valence-corrected chi connectivity index (χ4v) is 0.744. The SMILES string of the molecule is CS(=O)(=O)CC(=O)ON. The Morgan fingerprint density at radius 3 is 2.22 bits per heavy atom. The third-order valence-corrected chi connectivity index (χ3v) is 1.27. The fraction of sp³-hybridized carbons (Fsp3) is 0.667. The van der Waals surface area contributed by atoms with Crippen molar-refractivity contribution < 1.29 is 18.0 Å². The molecule has 5 nitrogen and oxygen atoms in total. The predicted octanol–water partition coefficient (Wildman–Crippen LogP) is -1.55. The van der Waals surface area contributed by atoms with Gasteiger partial charge in [-0.05, 0) is 0 Å². The molecule has 0 saturated heterocycles. The second-order valence-electron chi connectivity index (χ2n) is 1.56. The summed E-state index contributed by atoms with van der Waals surface area (Å²) in [5.41, 5.74) is 0. The van der Waals surface area contributed by atoms with E-state index in [4.69, 9.17) is 0 Å². The maximum absolute atomic E-state index is 10.2. The molecule has 0 atom stereocenters. The normalized spacial score (nSPS) is 10.9. The van der Waals surface area contributed by atoms with Gasteiger partial charge in [0.05, 0.1) is 0 Å². The Hall–Kier alpha value is -0.620. The van der Waals surface area contributed by atoms with Crippen LogP contribution in [-0.2, 0) is 19.5 Å². The lowest BCUT2D eigenvalue weighted by Gasteiger charge is -1.92. The van der Waals surface area contributed by atoms with E-state index in [0.717, 1.165) is 6.26 Å². The summed E-state index contributed by atoms with van der Waals surface area (Å²) in [5.74, 6) is 2.76. The minimum absolute atomic E-state index is 0.663. The molecule has 0 aliphatic heterocycles. The average Bonchev–Trinajstić information content (AvgIpc) is 1.62. The van der Waals surface area contributed by atoms with E-state index < -0.39 is 21.6 Å². The van der Waals surface area contributed by atoms with Crippen LogP contribution in [0.1, 0.15) is 0 Å². The quantitative estimate of drug-likeness (QED) is 0.485. The van der Waals surface area contributed by atoms with Crippen LogP contribution < -0.4 is 5.90 Å². The standard InChI is InChI=1S/C3H7NO4S/c1-9(6,7)2-3(5)8-4/h2,4H2,1H3. The molecule has 0 fully saturated rings. The highest BCUT2D eigenvalue weighted by Gasteiger charge is 2.10. The van der Waals surface area contributed by atoms with E-state index in [1.54, 1.807) is 0 Å². The van der Waals surface area contributed by atoms with Crippen LogP contribution in [0.15, 0.2) is 0 Å². The van der Waals surface area contributed by atoms with Gasteiger partial charge in [0.15, 0.2) is 9.84 Å². The van der Waals surface area contributed by atoms with Crippen molar-refractivity contribution in [2.45, 2.75) is 0 Å². The summed E-state index contributed by atoms with van der Waals surface area (Å²) in [4.78, 5) is 13.7. The van der Waals surface area contributed by atoms with E-state index >= 15 is 0 Å². The number of rotatable bonds is 2. The van der Waals surface area contributed by atoms with Crippen molar-refractivity contribution in [2.75, 3.05) is 12.0 Å². The zero-order chi connectivity index (χ0) is 7.49. The van der Waals surface area contributed by atoms with Gasteiger partial charge in [-0.3, -0.25) is 0 Å². The molecule has 9 heavy (non-hydrogen) atoms. The molecule has 0 heterocycles. The van der Waals surface area contributed by atoms with E-state index in [2.05, 4.69) is 10.7 Å². The van der Waals surface area contributed by atoms with Crippen molar-refractivity contribution in [3.63, 3.8) is 0 Å². The highest BCUT2D eigenvalue weighted by molar-refractivity contribution is 7.91. The molecule has 6 heteroatoms. The Morgan fingerprint density at radius 2 is 2.11 bits per heavy atom. The van der Waals surface area contributed by atoms with Gasteiger partial charge in [0.25, 0.3) is 0 Å². The Labute approximate surface area is 52.7 Å². The largest absolute Gasteiger partial charge is 0.373 e. The number of carbonyl (C=O) groups excluding carboxylic acids is 1. The van der Waals surface area contributed by atoms with Crippen molar-refractivity contribution in [3.05, 3.63) is 0 Å². The summed E-state index contributed by atoms with van der Waals surface area (Å²) in [6.45, 7) is 0. The van der Waals surface area contributed by atoms with Gasteiger partial charge < -0.3 is 4.84 Å². The molecule has 0 bridgehead atoms. The summed E-state index contributed by atoms with van der Waals surface area (Å²) in [5, 5.41) is 0. The zero-order valence-electron chi connectivity index (χ0n) is 4.83. The number of sulfone groups is 1. The molecular weight excluding hydrogens is 146 g/mol. The van der Waals surface area contributed by atoms with E-state index in [1.165, 1.54) is 0 Å². The molecule has 0 amide bonds. The highest BCUT2D eigenvalue weighted by Crippen LogP contribution is 1.82. The first-order chi connectivity index (χ1) is 3.95. The van der Waals surface area contributed by atoms with Gasteiger partial charge in [-0.25, -0.2) is 13.2 Å². The summed E-state index contributed by atoms with van der Waals surface area (Å²) in [6.07, 6.45) is 0.921. The summed E-state index contributed by atoms with van der Waals surface area (Å²) in [7, 11) is -3.29. The Kier molecular flexibility index (Phi) is 2.60. The van der Waals surface area contributed by atoms with E-state index in [-0.39, 0.29) is 0 Å². The predicted molar refractivity (Wildman–Crippen MR) is 30.0 cm³/mol. The van der Waals surface area contributed by atoms with Crippen molar-refractivity contribution in [2.24, 2.45) is 5.90 Å². The molecule has 2 N–H and O–H groups in total.